The SMILES string of the molecule is CC(=O)[O-].C[C-]=O.O=C([O-])/C=C/c1ccccc1.[K+]. The molecule has 5 nitrogen and oxygen atoms in total. The van der Waals surface area contributed by atoms with Gasteiger partial charge in [0, 0.05) is 5.97 Å². The summed E-state index contributed by atoms with van der Waals surface area (Å²) >= 11 is 0. The first-order valence-corrected chi connectivity index (χ1v) is 4.84. The van der Waals surface area contributed by atoms with Crippen LogP contribution in [0.2, 0.25) is 0 Å². The van der Waals surface area contributed by atoms with Gasteiger partial charge < -0.3 is 24.6 Å². The molecule has 0 N–H and O–H groups in total. The second kappa shape index (κ2) is 17.2. The Labute approximate surface area is 154 Å². The van der Waals surface area contributed by atoms with Crippen molar-refractivity contribution < 1.29 is 76.0 Å². The molecule has 0 atom stereocenters. The third-order valence-corrected chi connectivity index (χ3v) is 1.21. The van der Waals surface area contributed by atoms with Crippen LogP contribution < -0.4 is 61.6 Å². The number of carbonyl (C=O) groups is 2. The molecule has 1 aromatic carbocycles. The van der Waals surface area contributed by atoms with E-state index in [1.807, 2.05) is 30.3 Å². The van der Waals surface area contributed by atoms with Crippen LogP contribution >= 0.6 is 0 Å². The molecule has 19 heavy (non-hydrogen) atoms. The zero-order valence-electron chi connectivity index (χ0n) is 11.1. The van der Waals surface area contributed by atoms with Crippen LogP contribution in [0.4, 0.5) is 0 Å². The van der Waals surface area contributed by atoms with E-state index >= 15 is 0 Å². The number of rotatable bonds is 2. The third kappa shape index (κ3) is 26.7. The maximum Gasteiger partial charge on any atom is 1.00 e. The van der Waals surface area contributed by atoms with Crippen molar-refractivity contribution in [3.05, 3.63) is 42.0 Å². The van der Waals surface area contributed by atoms with Crippen molar-refractivity contribution in [3.63, 3.8) is 0 Å². The molecule has 0 unspecified atom stereocenters. The van der Waals surface area contributed by atoms with E-state index < -0.39 is 11.9 Å². The van der Waals surface area contributed by atoms with Gasteiger partial charge in [-0.25, -0.2) is 0 Å². The fraction of sp³-hybridized carbons (Fsp3) is 0.154. The van der Waals surface area contributed by atoms with Gasteiger partial charge in [-0.15, -0.1) is 0 Å². The molecule has 0 aliphatic rings. The van der Waals surface area contributed by atoms with E-state index in [2.05, 4.69) is 0 Å². The minimum atomic E-state index is -1.17. The number of benzene rings is 1. The largest absolute Gasteiger partial charge is 1.00 e. The molecule has 6 heteroatoms. The van der Waals surface area contributed by atoms with E-state index in [1.165, 1.54) is 19.3 Å². The number of carbonyl (C=O) groups excluding carboxylic acids is 3. The summed E-state index contributed by atoms with van der Waals surface area (Å²) in [6, 6.07) is 9.19. The van der Waals surface area contributed by atoms with Gasteiger partial charge in [-0.2, -0.15) is 6.92 Å². The van der Waals surface area contributed by atoms with Gasteiger partial charge in [-0.05, 0) is 18.6 Å². The Kier molecular flexibility index (Phi) is 21.1. The van der Waals surface area contributed by atoms with Gasteiger partial charge in [-0.3, -0.25) is 6.29 Å². The Morgan fingerprint density at radius 3 is 1.84 bits per heavy atom. The minimum absolute atomic E-state index is 0. The summed E-state index contributed by atoms with van der Waals surface area (Å²) in [7, 11) is 0. The molecule has 98 valence electrons. The summed E-state index contributed by atoms with van der Waals surface area (Å²) in [5.41, 5.74) is 0.858. The van der Waals surface area contributed by atoms with Crippen molar-refractivity contribution in [1.82, 2.24) is 0 Å². The summed E-state index contributed by atoms with van der Waals surface area (Å²) in [5.74, 6) is -2.26. The van der Waals surface area contributed by atoms with Crippen LogP contribution in [0, 0.1) is 0 Å². The van der Waals surface area contributed by atoms with Crippen LogP contribution in [0.3, 0.4) is 0 Å². The van der Waals surface area contributed by atoms with E-state index in [1.54, 1.807) is 0 Å². The predicted molar refractivity (Wildman–Crippen MR) is 62.5 cm³/mol. The topological polar surface area (TPSA) is 97.3 Å². The molecule has 1 rings (SSSR count). The van der Waals surface area contributed by atoms with Gasteiger partial charge >= 0.3 is 51.4 Å². The first-order valence-electron chi connectivity index (χ1n) is 4.84. The van der Waals surface area contributed by atoms with E-state index in [0.717, 1.165) is 18.6 Å². The first kappa shape index (κ1) is 23.3. The molecule has 0 aromatic heterocycles. The molecule has 0 spiro atoms. The molecule has 0 amide bonds. The molecular formula is C13H13KO5-2. The molecule has 0 aliphatic heterocycles. The van der Waals surface area contributed by atoms with E-state index in [-0.39, 0.29) is 51.4 Å². The Morgan fingerprint density at radius 1 is 1.16 bits per heavy atom. The molecule has 0 radical (unpaired) electrons. The summed E-state index contributed by atoms with van der Waals surface area (Å²) in [6.07, 6.45) is 4.00. The maximum absolute atomic E-state index is 9.97. The molecule has 0 aliphatic carbocycles. The minimum Gasteiger partial charge on any atom is -0.550 e. The number of aliphatic carboxylic acids is 2. The van der Waals surface area contributed by atoms with Crippen molar-refractivity contribution in [2.75, 3.05) is 0 Å². The average molecular weight is 288 g/mol. The van der Waals surface area contributed by atoms with E-state index in [4.69, 9.17) is 14.7 Å². The summed E-state index contributed by atoms with van der Waals surface area (Å²) < 4.78 is 0. The van der Waals surface area contributed by atoms with Gasteiger partial charge in [0.2, 0.25) is 0 Å². The predicted octanol–water partition coefficient (Wildman–Crippen LogP) is -3.67. The van der Waals surface area contributed by atoms with Crippen molar-refractivity contribution in [1.29, 1.82) is 0 Å². The number of hydrogen-bond donors (Lipinski definition) is 0. The maximum atomic E-state index is 9.97. The van der Waals surface area contributed by atoms with Gasteiger partial charge in [-0.1, -0.05) is 36.4 Å². The van der Waals surface area contributed by atoms with Crippen molar-refractivity contribution in [3.8, 4) is 0 Å². The van der Waals surface area contributed by atoms with Gasteiger partial charge in [0.05, 0.1) is 5.97 Å². The van der Waals surface area contributed by atoms with Gasteiger partial charge in [0.15, 0.2) is 0 Å². The van der Waals surface area contributed by atoms with Gasteiger partial charge in [0.25, 0.3) is 0 Å². The van der Waals surface area contributed by atoms with Crippen LogP contribution in [0.25, 0.3) is 6.08 Å². The molecular weight excluding hydrogens is 275 g/mol. The van der Waals surface area contributed by atoms with Crippen LogP contribution in [0.5, 0.6) is 0 Å². The number of hydrogen-bond acceptors (Lipinski definition) is 5. The molecule has 0 saturated carbocycles. The average Bonchev–Trinajstić information content (AvgIpc) is 2.28. The Balaban J connectivity index is -0.000000272. The Hall–Kier alpha value is -0.794. The fourth-order valence-corrected chi connectivity index (χ4v) is 0.728. The van der Waals surface area contributed by atoms with Crippen LogP contribution in [0.1, 0.15) is 19.4 Å². The third-order valence-electron chi connectivity index (χ3n) is 1.21. The van der Waals surface area contributed by atoms with Crippen molar-refractivity contribution in [2.45, 2.75) is 13.8 Å². The van der Waals surface area contributed by atoms with E-state index in [9.17, 15) is 9.90 Å². The normalized spacial score (nSPS) is 7.89. The fourth-order valence-electron chi connectivity index (χ4n) is 0.728. The smallest absolute Gasteiger partial charge is 0.550 e. The van der Waals surface area contributed by atoms with E-state index in [0.29, 0.717) is 0 Å². The molecule has 0 heterocycles. The standard InChI is InChI=1S/C9H8O2.C2H4O2.C2H3O.K/c10-9(11)7-6-8-4-2-1-3-5-8;1-2(3)4;1-2-3;/h1-7H,(H,10,11);1H3,(H,3,4);1H3;/q;;-1;+1/p-2/b7-6+;;;. The quantitative estimate of drug-likeness (QED) is 0.317. The van der Waals surface area contributed by atoms with Crippen LogP contribution in [0.15, 0.2) is 36.4 Å². The Bertz CT molecular complexity index is 383. The second-order valence-corrected chi connectivity index (χ2v) is 2.76. The summed E-state index contributed by atoms with van der Waals surface area (Å²) in [5, 5.41) is 18.9. The zero-order valence-corrected chi connectivity index (χ0v) is 14.2. The summed E-state index contributed by atoms with van der Waals surface area (Å²) in [6.45, 7) is 2.29. The molecule has 0 saturated heterocycles. The van der Waals surface area contributed by atoms with Crippen molar-refractivity contribution in [2.24, 2.45) is 0 Å². The van der Waals surface area contributed by atoms with Crippen LogP contribution in [-0.2, 0) is 14.4 Å². The van der Waals surface area contributed by atoms with Gasteiger partial charge in [0.1, 0.15) is 0 Å². The number of carboxylic acids is 2. The molecule has 0 fully saturated rings. The molecule has 0 bridgehead atoms. The summed E-state index contributed by atoms with van der Waals surface area (Å²) in [4.78, 5) is 27.5. The van der Waals surface area contributed by atoms with Crippen molar-refractivity contribution >= 4 is 24.3 Å². The monoisotopic (exact) mass is 288 g/mol. The Morgan fingerprint density at radius 2 is 1.53 bits per heavy atom. The zero-order chi connectivity index (χ0) is 14.4. The number of carboxylic acid groups (broad SMARTS) is 2. The second-order valence-electron chi connectivity index (χ2n) is 2.76. The first-order chi connectivity index (χ1) is 8.43. The molecule has 1 aromatic rings. The van der Waals surface area contributed by atoms with Crippen LogP contribution in [-0.4, -0.2) is 18.2 Å².